The number of Topliss-reactive ketones (excluding diaryl/α,β-unsaturated/α-hetero) is 1. The van der Waals surface area contributed by atoms with Gasteiger partial charge in [0, 0.05) is 6.42 Å². The summed E-state index contributed by atoms with van der Waals surface area (Å²) < 4.78 is 5.44. The molecule has 2 heteroatoms. The molecule has 0 aliphatic carbocycles. The largest absolute Gasteiger partial charge is 0.368 e. The second-order valence-electron chi connectivity index (χ2n) is 5.10. The molecule has 0 heterocycles. The van der Waals surface area contributed by atoms with Gasteiger partial charge in [-0.15, -0.1) is 0 Å². The Balaban J connectivity index is 2.43. The first kappa shape index (κ1) is 12.9. The van der Waals surface area contributed by atoms with Crippen LogP contribution in [0.25, 0.3) is 0 Å². The minimum Gasteiger partial charge on any atom is -0.368 e. The maximum Gasteiger partial charge on any atom is 0.162 e. The molecule has 88 valence electrons. The van der Waals surface area contributed by atoms with Gasteiger partial charge < -0.3 is 4.74 Å². The average molecular weight is 220 g/mol. The highest BCUT2D eigenvalue weighted by atomic mass is 16.5. The van der Waals surface area contributed by atoms with Crippen molar-refractivity contribution in [2.45, 2.75) is 39.7 Å². The molecule has 0 spiro atoms. The molecule has 0 aromatic heterocycles. The molecule has 0 radical (unpaired) electrons. The smallest absolute Gasteiger partial charge is 0.162 e. The first-order valence-electron chi connectivity index (χ1n) is 5.58. The van der Waals surface area contributed by atoms with E-state index in [0.717, 1.165) is 5.56 Å². The van der Waals surface area contributed by atoms with Crippen molar-refractivity contribution < 1.29 is 9.53 Å². The van der Waals surface area contributed by atoms with Gasteiger partial charge in [0.25, 0.3) is 0 Å². The number of benzene rings is 1. The number of hydrogen-bond acceptors (Lipinski definition) is 2. The lowest BCUT2D eigenvalue weighted by Crippen LogP contribution is -2.24. The van der Waals surface area contributed by atoms with E-state index in [1.165, 1.54) is 5.56 Å². The monoisotopic (exact) mass is 220 g/mol. The van der Waals surface area contributed by atoms with Crippen molar-refractivity contribution in [1.29, 1.82) is 0 Å². The van der Waals surface area contributed by atoms with Gasteiger partial charge in [0.15, 0.2) is 5.78 Å². The van der Waals surface area contributed by atoms with Crippen molar-refractivity contribution >= 4 is 5.78 Å². The minimum atomic E-state index is -0.247. The first-order chi connectivity index (χ1) is 7.37. The number of carbonyl (C=O) groups excluding carboxylic acids is 1. The topological polar surface area (TPSA) is 26.3 Å². The Morgan fingerprint density at radius 3 is 2.25 bits per heavy atom. The maximum absolute atomic E-state index is 11.6. The third kappa shape index (κ3) is 5.08. The lowest BCUT2D eigenvalue weighted by atomic mass is 10.1. The number of aryl methyl sites for hydroxylation is 1. The Labute approximate surface area is 97.6 Å². The van der Waals surface area contributed by atoms with E-state index in [-0.39, 0.29) is 18.0 Å². The molecule has 0 unspecified atom stereocenters. The highest BCUT2D eigenvalue weighted by Gasteiger charge is 2.13. The van der Waals surface area contributed by atoms with Crippen LogP contribution in [0.3, 0.4) is 0 Å². The maximum atomic E-state index is 11.6. The summed E-state index contributed by atoms with van der Waals surface area (Å²) in [6, 6.07) is 8.02. The van der Waals surface area contributed by atoms with Gasteiger partial charge in [-0.25, -0.2) is 0 Å². The normalized spacial score (nSPS) is 11.5. The molecule has 0 aliphatic heterocycles. The predicted molar refractivity (Wildman–Crippen MR) is 65.6 cm³/mol. The summed E-state index contributed by atoms with van der Waals surface area (Å²) in [5.74, 6) is 0.124. The summed E-state index contributed by atoms with van der Waals surface area (Å²) in [5, 5.41) is 0. The summed E-state index contributed by atoms with van der Waals surface area (Å²) in [6.45, 7) is 8.08. The van der Waals surface area contributed by atoms with Crippen LogP contribution in [0.2, 0.25) is 0 Å². The van der Waals surface area contributed by atoms with Crippen LogP contribution < -0.4 is 0 Å². The molecule has 0 atom stereocenters. The number of ketones is 1. The summed E-state index contributed by atoms with van der Waals surface area (Å²) >= 11 is 0. The van der Waals surface area contributed by atoms with Gasteiger partial charge in [0.2, 0.25) is 0 Å². The van der Waals surface area contributed by atoms with Crippen LogP contribution in [0.5, 0.6) is 0 Å². The van der Waals surface area contributed by atoms with E-state index in [0.29, 0.717) is 6.42 Å². The van der Waals surface area contributed by atoms with Crippen LogP contribution in [0, 0.1) is 6.92 Å². The fourth-order valence-corrected chi connectivity index (χ4v) is 1.28. The summed E-state index contributed by atoms with van der Waals surface area (Å²) in [7, 11) is 0. The van der Waals surface area contributed by atoms with E-state index in [4.69, 9.17) is 4.74 Å². The van der Waals surface area contributed by atoms with E-state index in [1.807, 2.05) is 52.0 Å². The van der Waals surface area contributed by atoms with Gasteiger partial charge in [-0.3, -0.25) is 4.79 Å². The quantitative estimate of drug-likeness (QED) is 0.780. The zero-order valence-electron chi connectivity index (χ0n) is 10.5. The molecule has 0 fully saturated rings. The SMILES string of the molecule is Cc1ccc(CC(=O)COC(C)(C)C)cc1. The standard InChI is InChI=1S/C14H20O2/c1-11-5-7-12(8-6-11)9-13(15)10-16-14(2,3)4/h5-8H,9-10H2,1-4H3. The lowest BCUT2D eigenvalue weighted by molar-refractivity contribution is -0.127. The molecule has 0 bridgehead atoms. The van der Waals surface area contributed by atoms with Crippen LogP contribution in [0.1, 0.15) is 31.9 Å². The van der Waals surface area contributed by atoms with Crippen molar-refractivity contribution in [3.63, 3.8) is 0 Å². The molecule has 0 aliphatic rings. The Morgan fingerprint density at radius 2 is 1.75 bits per heavy atom. The molecule has 2 nitrogen and oxygen atoms in total. The Hall–Kier alpha value is -1.15. The molecule has 1 aromatic carbocycles. The van der Waals surface area contributed by atoms with E-state index >= 15 is 0 Å². The Kier molecular flexibility index (Phi) is 4.25. The van der Waals surface area contributed by atoms with Crippen LogP contribution in [0.15, 0.2) is 24.3 Å². The van der Waals surface area contributed by atoms with Gasteiger partial charge in [-0.1, -0.05) is 29.8 Å². The minimum absolute atomic E-state index is 0.124. The molecule has 1 rings (SSSR count). The van der Waals surface area contributed by atoms with E-state index < -0.39 is 0 Å². The number of rotatable bonds is 4. The average Bonchev–Trinajstić information content (AvgIpc) is 2.18. The second kappa shape index (κ2) is 5.26. The third-order valence-corrected chi connectivity index (χ3v) is 2.19. The van der Waals surface area contributed by atoms with Crippen LogP contribution in [-0.2, 0) is 16.0 Å². The summed E-state index contributed by atoms with van der Waals surface area (Å²) in [5.41, 5.74) is 2.01. The highest BCUT2D eigenvalue weighted by Crippen LogP contribution is 2.08. The third-order valence-electron chi connectivity index (χ3n) is 2.19. The van der Waals surface area contributed by atoms with Crippen LogP contribution in [-0.4, -0.2) is 18.0 Å². The first-order valence-corrected chi connectivity index (χ1v) is 5.58. The van der Waals surface area contributed by atoms with E-state index in [2.05, 4.69) is 0 Å². The van der Waals surface area contributed by atoms with Gasteiger partial charge in [-0.05, 0) is 33.3 Å². The fraction of sp³-hybridized carbons (Fsp3) is 0.500. The van der Waals surface area contributed by atoms with E-state index in [9.17, 15) is 4.79 Å². The Bertz CT molecular complexity index is 344. The second-order valence-corrected chi connectivity index (χ2v) is 5.10. The van der Waals surface area contributed by atoms with Crippen molar-refractivity contribution in [1.82, 2.24) is 0 Å². The molecule has 0 saturated carbocycles. The van der Waals surface area contributed by atoms with Gasteiger partial charge >= 0.3 is 0 Å². The van der Waals surface area contributed by atoms with Crippen molar-refractivity contribution in [2.75, 3.05) is 6.61 Å². The molecule has 0 N–H and O–H groups in total. The zero-order chi connectivity index (χ0) is 12.2. The van der Waals surface area contributed by atoms with Crippen molar-refractivity contribution in [3.8, 4) is 0 Å². The summed E-state index contributed by atoms with van der Waals surface area (Å²) in [4.78, 5) is 11.6. The number of carbonyl (C=O) groups is 1. The van der Waals surface area contributed by atoms with Gasteiger partial charge in [0.1, 0.15) is 6.61 Å². The molecule has 0 amide bonds. The lowest BCUT2D eigenvalue weighted by Gasteiger charge is -2.18. The molecular weight excluding hydrogens is 200 g/mol. The number of hydrogen-bond donors (Lipinski definition) is 0. The Morgan fingerprint density at radius 1 is 1.19 bits per heavy atom. The molecule has 16 heavy (non-hydrogen) atoms. The van der Waals surface area contributed by atoms with Gasteiger partial charge in [0.05, 0.1) is 5.60 Å². The number of ether oxygens (including phenoxy) is 1. The van der Waals surface area contributed by atoms with Crippen molar-refractivity contribution in [3.05, 3.63) is 35.4 Å². The van der Waals surface area contributed by atoms with Gasteiger partial charge in [-0.2, -0.15) is 0 Å². The summed E-state index contributed by atoms with van der Waals surface area (Å²) in [6.07, 6.45) is 0.455. The fourth-order valence-electron chi connectivity index (χ4n) is 1.28. The highest BCUT2D eigenvalue weighted by molar-refractivity contribution is 5.82. The molecule has 0 saturated heterocycles. The molecular formula is C14H20O2. The van der Waals surface area contributed by atoms with Crippen LogP contribution >= 0.6 is 0 Å². The zero-order valence-corrected chi connectivity index (χ0v) is 10.5. The van der Waals surface area contributed by atoms with Crippen LogP contribution in [0.4, 0.5) is 0 Å². The predicted octanol–water partition coefficient (Wildman–Crippen LogP) is 2.92. The van der Waals surface area contributed by atoms with Crippen molar-refractivity contribution in [2.24, 2.45) is 0 Å². The molecule has 1 aromatic rings. The van der Waals surface area contributed by atoms with E-state index in [1.54, 1.807) is 0 Å².